The molecule has 0 unspecified atom stereocenters. The molecule has 0 saturated heterocycles. The minimum atomic E-state index is -0.504. The molecule has 0 aliphatic carbocycles. The highest BCUT2D eigenvalue weighted by Crippen LogP contribution is 2.16. The summed E-state index contributed by atoms with van der Waals surface area (Å²) in [6.07, 6.45) is 3.89. The van der Waals surface area contributed by atoms with Crippen LogP contribution in [0.5, 0.6) is 0 Å². The van der Waals surface area contributed by atoms with Crippen LogP contribution in [-0.4, -0.2) is 24.6 Å². The average molecular weight is 270 g/mol. The summed E-state index contributed by atoms with van der Waals surface area (Å²) >= 11 is 0. The second-order valence-electron chi connectivity index (χ2n) is 5.24. The molecule has 0 aromatic rings. The minimum absolute atomic E-state index is 0.145. The van der Waals surface area contributed by atoms with E-state index in [1.165, 1.54) is 0 Å². The molecule has 0 aromatic heterocycles. The van der Waals surface area contributed by atoms with Crippen molar-refractivity contribution in [2.24, 2.45) is 11.8 Å². The Morgan fingerprint density at radius 1 is 1.00 bits per heavy atom. The fraction of sp³-hybridized carbons (Fsp3) is 0.733. The van der Waals surface area contributed by atoms with Gasteiger partial charge in [-0.2, -0.15) is 0 Å². The molecular formula is C15H26O4. The summed E-state index contributed by atoms with van der Waals surface area (Å²) < 4.78 is 10.2. The fourth-order valence-electron chi connectivity index (χ4n) is 1.72. The molecule has 0 aliphatic heterocycles. The molecule has 0 spiro atoms. The van der Waals surface area contributed by atoms with Crippen LogP contribution >= 0.6 is 0 Å². The summed E-state index contributed by atoms with van der Waals surface area (Å²) in [5, 5.41) is 0. The second-order valence-corrected chi connectivity index (χ2v) is 5.24. The Balaban J connectivity index is 4.18. The monoisotopic (exact) mass is 270 g/mol. The van der Waals surface area contributed by atoms with Gasteiger partial charge in [0.2, 0.25) is 0 Å². The zero-order valence-corrected chi connectivity index (χ0v) is 12.6. The summed E-state index contributed by atoms with van der Waals surface area (Å²) in [5.74, 6) is -0.515. The number of esters is 2. The van der Waals surface area contributed by atoms with Crippen molar-refractivity contribution >= 4 is 11.9 Å². The normalized spacial score (nSPS) is 11.6. The summed E-state index contributed by atoms with van der Waals surface area (Å²) in [6, 6.07) is 0. The van der Waals surface area contributed by atoms with E-state index in [1.54, 1.807) is 0 Å². The first-order valence-corrected chi connectivity index (χ1v) is 6.93. The van der Waals surface area contributed by atoms with Crippen LogP contribution in [0.15, 0.2) is 12.2 Å². The smallest absolute Gasteiger partial charge is 0.331 e. The predicted molar refractivity (Wildman–Crippen MR) is 74.6 cm³/mol. The molecular weight excluding hydrogens is 244 g/mol. The van der Waals surface area contributed by atoms with Crippen LogP contribution < -0.4 is 0 Å². The van der Waals surface area contributed by atoms with E-state index in [4.69, 9.17) is 9.47 Å². The van der Waals surface area contributed by atoms with Gasteiger partial charge in [-0.15, -0.1) is 0 Å². The largest absolute Gasteiger partial charge is 0.463 e. The van der Waals surface area contributed by atoms with Crippen LogP contribution in [0.4, 0.5) is 0 Å². The molecule has 0 saturated carbocycles. The molecule has 110 valence electrons. The van der Waals surface area contributed by atoms with Gasteiger partial charge in [0.1, 0.15) is 6.10 Å². The van der Waals surface area contributed by atoms with Crippen LogP contribution in [0.2, 0.25) is 0 Å². The molecule has 4 nitrogen and oxygen atoms in total. The van der Waals surface area contributed by atoms with Crippen molar-refractivity contribution in [1.29, 1.82) is 0 Å². The van der Waals surface area contributed by atoms with Gasteiger partial charge in [0, 0.05) is 12.2 Å². The highest BCUT2D eigenvalue weighted by atomic mass is 16.5. The maximum Gasteiger partial charge on any atom is 0.331 e. The summed E-state index contributed by atoms with van der Waals surface area (Å²) in [5.41, 5.74) is 0. The second kappa shape index (κ2) is 9.59. The molecule has 0 amide bonds. The van der Waals surface area contributed by atoms with Crippen LogP contribution in [0.25, 0.3) is 0 Å². The predicted octanol–water partition coefficient (Wildman–Crippen LogP) is 3.11. The van der Waals surface area contributed by atoms with Crippen LogP contribution in [0, 0.1) is 11.8 Å². The first kappa shape index (κ1) is 17.7. The number of unbranched alkanes of at least 4 members (excludes halogenated alkanes) is 1. The molecule has 0 atom stereocenters. The Bertz CT molecular complexity index is 297. The first-order valence-electron chi connectivity index (χ1n) is 6.93. The highest BCUT2D eigenvalue weighted by molar-refractivity contribution is 5.91. The minimum Gasteiger partial charge on any atom is -0.463 e. The van der Waals surface area contributed by atoms with Crippen molar-refractivity contribution in [3.8, 4) is 0 Å². The van der Waals surface area contributed by atoms with E-state index in [9.17, 15) is 9.59 Å². The topological polar surface area (TPSA) is 52.6 Å². The maximum atomic E-state index is 11.6. The van der Waals surface area contributed by atoms with E-state index in [0.29, 0.717) is 6.61 Å². The zero-order valence-electron chi connectivity index (χ0n) is 12.6. The third-order valence-electron chi connectivity index (χ3n) is 2.66. The van der Waals surface area contributed by atoms with Crippen LogP contribution in [0.1, 0.15) is 47.5 Å². The molecule has 0 rings (SSSR count). The molecule has 19 heavy (non-hydrogen) atoms. The van der Waals surface area contributed by atoms with Crippen molar-refractivity contribution in [2.75, 3.05) is 6.61 Å². The van der Waals surface area contributed by atoms with Gasteiger partial charge in [-0.1, -0.05) is 41.0 Å². The molecule has 0 aliphatic rings. The van der Waals surface area contributed by atoms with E-state index in [0.717, 1.165) is 25.0 Å². The Kier molecular flexibility index (Phi) is 8.92. The lowest BCUT2D eigenvalue weighted by atomic mass is 9.96. The van der Waals surface area contributed by atoms with Gasteiger partial charge in [0.25, 0.3) is 0 Å². The van der Waals surface area contributed by atoms with Crippen LogP contribution in [0.3, 0.4) is 0 Å². The van der Waals surface area contributed by atoms with Crippen molar-refractivity contribution in [3.05, 3.63) is 12.2 Å². The molecule has 0 fully saturated rings. The number of rotatable bonds is 8. The standard InChI is InChI=1S/C15H26O4/c1-6-7-10-18-13(16)8-9-14(17)19-15(11(2)3)12(4)5/h8-9,11-12,15H,6-7,10H2,1-5H3/b9-8+. The van der Waals surface area contributed by atoms with E-state index in [2.05, 4.69) is 0 Å². The highest BCUT2D eigenvalue weighted by Gasteiger charge is 2.20. The zero-order chi connectivity index (χ0) is 14.8. The molecule has 0 N–H and O–H groups in total. The molecule has 0 bridgehead atoms. The van der Waals surface area contributed by atoms with Crippen molar-refractivity contribution in [3.63, 3.8) is 0 Å². The number of hydrogen-bond donors (Lipinski definition) is 0. The lowest BCUT2D eigenvalue weighted by Crippen LogP contribution is -2.28. The summed E-state index contributed by atoms with van der Waals surface area (Å²) in [4.78, 5) is 22.8. The number of hydrogen-bond acceptors (Lipinski definition) is 4. The Labute approximate surface area is 116 Å². The van der Waals surface area contributed by atoms with Gasteiger partial charge in [0.15, 0.2) is 0 Å². The molecule has 0 radical (unpaired) electrons. The lowest BCUT2D eigenvalue weighted by molar-refractivity contribution is -0.148. The van der Waals surface area contributed by atoms with Gasteiger partial charge in [0.05, 0.1) is 6.61 Å². The summed E-state index contributed by atoms with van der Waals surface area (Å²) in [7, 11) is 0. The SMILES string of the molecule is CCCCOC(=O)/C=C/C(=O)OC(C(C)C)C(C)C. The Hall–Kier alpha value is -1.32. The number of carbonyl (C=O) groups excluding carboxylic acids is 2. The van der Waals surface area contributed by atoms with Gasteiger partial charge < -0.3 is 9.47 Å². The van der Waals surface area contributed by atoms with Crippen molar-refractivity contribution in [1.82, 2.24) is 0 Å². The Morgan fingerprint density at radius 2 is 1.53 bits per heavy atom. The Morgan fingerprint density at radius 3 is 2.00 bits per heavy atom. The lowest BCUT2D eigenvalue weighted by Gasteiger charge is -2.24. The van der Waals surface area contributed by atoms with E-state index >= 15 is 0 Å². The molecule has 0 heterocycles. The molecule has 0 aromatic carbocycles. The first-order chi connectivity index (χ1) is 8.88. The van der Waals surface area contributed by atoms with Crippen molar-refractivity contribution < 1.29 is 19.1 Å². The van der Waals surface area contributed by atoms with Gasteiger partial charge in [-0.25, -0.2) is 9.59 Å². The fourth-order valence-corrected chi connectivity index (χ4v) is 1.72. The number of ether oxygens (including phenoxy) is 2. The van der Waals surface area contributed by atoms with Gasteiger partial charge in [-0.05, 0) is 18.3 Å². The average Bonchev–Trinajstić information content (AvgIpc) is 2.33. The van der Waals surface area contributed by atoms with Crippen LogP contribution in [-0.2, 0) is 19.1 Å². The van der Waals surface area contributed by atoms with E-state index in [-0.39, 0.29) is 17.9 Å². The number of carbonyl (C=O) groups is 2. The summed E-state index contributed by atoms with van der Waals surface area (Å²) in [6.45, 7) is 10.4. The third-order valence-corrected chi connectivity index (χ3v) is 2.66. The van der Waals surface area contributed by atoms with Crippen molar-refractivity contribution in [2.45, 2.75) is 53.6 Å². The van der Waals surface area contributed by atoms with E-state index in [1.807, 2.05) is 34.6 Å². The van der Waals surface area contributed by atoms with Gasteiger partial charge >= 0.3 is 11.9 Å². The van der Waals surface area contributed by atoms with Gasteiger partial charge in [-0.3, -0.25) is 0 Å². The maximum absolute atomic E-state index is 11.6. The quantitative estimate of drug-likeness (QED) is 0.386. The van der Waals surface area contributed by atoms with E-state index < -0.39 is 11.9 Å². The molecule has 4 heteroatoms. The third kappa shape index (κ3) is 8.41.